The third-order valence-corrected chi connectivity index (χ3v) is 2.44. The molecule has 0 saturated carbocycles. The molecule has 2 heterocycles. The second-order valence-electron chi connectivity index (χ2n) is 3.65. The molecule has 17 heavy (non-hydrogen) atoms. The zero-order valence-corrected chi connectivity index (χ0v) is 12.5. The number of aromatic nitrogens is 2. The quantitative estimate of drug-likeness (QED) is 0.778. The molecule has 1 unspecified atom stereocenters. The number of hydrogen-bond donors (Lipinski definition) is 0. The zero-order valence-electron chi connectivity index (χ0n) is 9.68. The number of halogens is 1. The molecule has 0 amide bonds. The van der Waals surface area contributed by atoms with Crippen molar-refractivity contribution >= 4 is 0 Å². The summed E-state index contributed by atoms with van der Waals surface area (Å²) in [7, 11) is 0. The molecule has 0 aliphatic carbocycles. The average molecular weight is 312 g/mol. The molecule has 1 aromatic rings. The fourth-order valence-electron chi connectivity index (χ4n) is 1.56. The van der Waals surface area contributed by atoms with E-state index in [1.165, 1.54) is 12.3 Å². The van der Waals surface area contributed by atoms with Gasteiger partial charge in [-0.1, -0.05) is 13.8 Å². The Bertz CT molecular complexity index is 487. The van der Waals surface area contributed by atoms with Gasteiger partial charge in [-0.25, -0.2) is 14.2 Å². The summed E-state index contributed by atoms with van der Waals surface area (Å²) in [5, 5.41) is 0. The van der Waals surface area contributed by atoms with Gasteiger partial charge in [-0.15, -0.1) is 5.69 Å². The predicted octanol–water partition coefficient (Wildman–Crippen LogP) is 1.51. The van der Waals surface area contributed by atoms with Crippen LogP contribution in [0.15, 0.2) is 22.9 Å². The summed E-state index contributed by atoms with van der Waals surface area (Å²) < 4.78 is 20.0. The van der Waals surface area contributed by atoms with Gasteiger partial charge in [0, 0.05) is 32.7 Å². The van der Waals surface area contributed by atoms with Gasteiger partial charge in [0.25, 0.3) is 0 Å². The van der Waals surface area contributed by atoms with Crippen LogP contribution in [-0.2, 0) is 37.4 Å². The van der Waals surface area contributed by atoms with Crippen molar-refractivity contribution in [3.63, 3.8) is 0 Å². The maximum Gasteiger partial charge on any atom is 0.344 e. The van der Waals surface area contributed by atoms with Crippen molar-refractivity contribution in [2.75, 3.05) is 0 Å². The molecule has 1 radical (unpaired) electrons. The molecule has 0 saturated heterocycles. The molecular formula is C11H12FN2O2Y-. The van der Waals surface area contributed by atoms with E-state index in [-0.39, 0.29) is 38.8 Å². The minimum atomic E-state index is -0.984. The van der Waals surface area contributed by atoms with E-state index in [0.717, 1.165) is 4.57 Å². The number of rotatable bonds is 2. The van der Waals surface area contributed by atoms with Crippen LogP contribution in [0, 0.1) is 13.0 Å². The predicted molar refractivity (Wildman–Crippen MR) is 55.5 cm³/mol. The van der Waals surface area contributed by atoms with Crippen molar-refractivity contribution in [1.82, 2.24) is 9.55 Å². The van der Waals surface area contributed by atoms with E-state index in [2.05, 4.69) is 11.1 Å². The molecule has 1 aliphatic rings. The molecule has 2 atom stereocenters. The SMILES string of the molecule is CC[C@H]1C=C(F)C(n2c[c-]c(C)nc2=O)O1.[Y]. The summed E-state index contributed by atoms with van der Waals surface area (Å²) >= 11 is 0. The molecule has 2 rings (SSSR count). The minimum Gasteiger partial charge on any atom is -0.432 e. The van der Waals surface area contributed by atoms with Crippen LogP contribution >= 0.6 is 0 Å². The van der Waals surface area contributed by atoms with Gasteiger partial charge >= 0.3 is 5.69 Å². The molecule has 4 nitrogen and oxygen atoms in total. The maximum atomic E-state index is 13.5. The van der Waals surface area contributed by atoms with E-state index >= 15 is 0 Å². The van der Waals surface area contributed by atoms with Crippen molar-refractivity contribution < 1.29 is 41.8 Å². The zero-order chi connectivity index (χ0) is 11.7. The van der Waals surface area contributed by atoms with E-state index in [4.69, 9.17) is 4.74 Å². The molecule has 0 fully saturated rings. The monoisotopic (exact) mass is 312 g/mol. The van der Waals surface area contributed by atoms with Crippen LogP contribution in [0.5, 0.6) is 0 Å². The van der Waals surface area contributed by atoms with Crippen LogP contribution in [0.25, 0.3) is 0 Å². The Morgan fingerprint density at radius 3 is 2.88 bits per heavy atom. The summed E-state index contributed by atoms with van der Waals surface area (Å²) in [5.74, 6) is -0.451. The van der Waals surface area contributed by atoms with Gasteiger partial charge in [0.2, 0.25) is 0 Å². The van der Waals surface area contributed by atoms with E-state index in [9.17, 15) is 9.18 Å². The van der Waals surface area contributed by atoms with Crippen LogP contribution in [0.2, 0.25) is 0 Å². The van der Waals surface area contributed by atoms with Gasteiger partial charge < -0.3 is 15.4 Å². The molecule has 0 bridgehead atoms. The summed E-state index contributed by atoms with van der Waals surface area (Å²) in [5.41, 5.74) is -0.0442. The normalized spacial score (nSPS) is 23.1. The van der Waals surface area contributed by atoms with Gasteiger partial charge in [0.15, 0.2) is 6.23 Å². The molecule has 1 aromatic heterocycles. The number of nitrogens with zero attached hydrogens (tertiary/aromatic N) is 2. The Morgan fingerprint density at radius 1 is 1.65 bits per heavy atom. The van der Waals surface area contributed by atoms with E-state index in [1.807, 2.05) is 6.92 Å². The van der Waals surface area contributed by atoms with Crippen molar-refractivity contribution in [3.05, 3.63) is 40.3 Å². The molecular weight excluding hydrogens is 300 g/mol. The van der Waals surface area contributed by atoms with Crippen molar-refractivity contribution in [3.8, 4) is 0 Å². The first-order valence-corrected chi connectivity index (χ1v) is 5.12. The topological polar surface area (TPSA) is 44.1 Å². The molecule has 0 spiro atoms. The molecule has 89 valence electrons. The Balaban J connectivity index is 0.00000144. The van der Waals surface area contributed by atoms with Crippen LogP contribution < -0.4 is 5.69 Å². The largest absolute Gasteiger partial charge is 0.432 e. The van der Waals surface area contributed by atoms with Crippen LogP contribution in [-0.4, -0.2) is 15.7 Å². The van der Waals surface area contributed by atoms with Gasteiger partial charge in [-0.2, -0.15) is 6.20 Å². The summed E-state index contributed by atoms with van der Waals surface area (Å²) in [4.78, 5) is 15.2. The third kappa shape index (κ3) is 3.09. The summed E-state index contributed by atoms with van der Waals surface area (Å²) in [6, 6.07) is 2.75. The Morgan fingerprint density at radius 2 is 2.35 bits per heavy atom. The summed E-state index contributed by atoms with van der Waals surface area (Å²) in [6.45, 7) is 3.54. The van der Waals surface area contributed by atoms with Crippen LogP contribution in [0.1, 0.15) is 25.3 Å². The van der Waals surface area contributed by atoms with Crippen molar-refractivity contribution in [2.24, 2.45) is 0 Å². The van der Waals surface area contributed by atoms with Gasteiger partial charge in [-0.3, -0.25) is 0 Å². The minimum absolute atomic E-state index is 0. The molecule has 0 N–H and O–H groups in total. The molecule has 6 heteroatoms. The standard InChI is InChI=1S/C11H12FN2O2.Y/c1-3-8-6-9(12)10(16-8)14-5-4-7(2)13-11(14)15;/h5-6,8,10H,3H2,1-2H3;/q-1;/t8-,10?;/m0./s1. The second kappa shape index (κ2) is 5.98. The first-order chi connectivity index (χ1) is 7.61. The van der Waals surface area contributed by atoms with Gasteiger partial charge in [0.05, 0.1) is 6.10 Å². The van der Waals surface area contributed by atoms with Crippen molar-refractivity contribution in [1.29, 1.82) is 0 Å². The average Bonchev–Trinajstić information content (AvgIpc) is 2.60. The fourth-order valence-corrected chi connectivity index (χ4v) is 1.56. The van der Waals surface area contributed by atoms with Crippen molar-refractivity contribution in [2.45, 2.75) is 32.6 Å². The first-order valence-electron chi connectivity index (χ1n) is 5.12. The Labute approximate surface area is 124 Å². The van der Waals surface area contributed by atoms with Crippen LogP contribution in [0.3, 0.4) is 0 Å². The van der Waals surface area contributed by atoms with Gasteiger partial charge in [-0.05, 0) is 12.5 Å². The van der Waals surface area contributed by atoms with E-state index in [0.29, 0.717) is 12.1 Å². The third-order valence-electron chi connectivity index (χ3n) is 2.44. The van der Waals surface area contributed by atoms with E-state index in [1.54, 1.807) is 6.92 Å². The smallest absolute Gasteiger partial charge is 0.344 e. The maximum absolute atomic E-state index is 13.5. The summed E-state index contributed by atoms with van der Waals surface area (Å²) in [6.07, 6.45) is 2.17. The molecule has 1 aliphatic heterocycles. The van der Waals surface area contributed by atoms with Gasteiger partial charge in [0.1, 0.15) is 5.83 Å². The first kappa shape index (κ1) is 14.7. The molecule has 0 aromatic carbocycles. The Kier molecular flexibility index (Phi) is 5.16. The Hall–Kier alpha value is -0.386. The fraction of sp³-hybridized carbons (Fsp3) is 0.455. The second-order valence-corrected chi connectivity index (χ2v) is 3.65. The van der Waals surface area contributed by atoms with Crippen LogP contribution in [0.4, 0.5) is 4.39 Å². The number of ether oxygens (including phenoxy) is 1. The number of hydrogen-bond acceptors (Lipinski definition) is 3. The van der Waals surface area contributed by atoms with E-state index < -0.39 is 17.7 Å². The number of aryl methyl sites for hydroxylation is 1.